The first-order valence-electron chi connectivity index (χ1n) is 6.37. The van der Waals surface area contributed by atoms with Crippen LogP contribution in [0.5, 0.6) is 0 Å². The Morgan fingerprint density at radius 3 is 2.95 bits per heavy atom. The molecule has 100 valence electrons. The zero-order chi connectivity index (χ0) is 13.9. The third kappa shape index (κ3) is 2.40. The molecule has 0 bridgehead atoms. The van der Waals surface area contributed by atoms with E-state index in [9.17, 15) is 4.79 Å². The van der Waals surface area contributed by atoms with Gasteiger partial charge in [0.05, 0.1) is 21.3 Å². The van der Waals surface area contributed by atoms with Crippen LogP contribution < -0.4 is 5.32 Å². The van der Waals surface area contributed by atoms with Gasteiger partial charge in [-0.1, -0.05) is 19.1 Å². The molecule has 0 saturated carbocycles. The van der Waals surface area contributed by atoms with Crippen LogP contribution in [0.15, 0.2) is 41.9 Å². The highest BCUT2D eigenvalue weighted by molar-refractivity contribution is 7.17. The van der Waals surface area contributed by atoms with E-state index in [2.05, 4.69) is 15.3 Å². The fourth-order valence-corrected chi connectivity index (χ4v) is 2.80. The van der Waals surface area contributed by atoms with Gasteiger partial charge >= 0.3 is 0 Å². The average molecular weight is 283 g/mol. The number of aromatic nitrogens is 2. The number of nitrogens with zero attached hydrogens (tertiary/aromatic N) is 2. The van der Waals surface area contributed by atoms with Crippen LogP contribution in [0.4, 0.5) is 5.82 Å². The third-order valence-electron chi connectivity index (χ3n) is 3.01. The second kappa shape index (κ2) is 5.38. The number of aryl methyl sites for hydroxylation is 1. The lowest BCUT2D eigenvalue weighted by atomic mass is 10.2. The summed E-state index contributed by atoms with van der Waals surface area (Å²) < 4.78 is 0.900. The molecular weight excluding hydrogens is 270 g/mol. The van der Waals surface area contributed by atoms with Crippen LogP contribution in [-0.2, 0) is 6.42 Å². The first-order valence-corrected chi connectivity index (χ1v) is 7.25. The summed E-state index contributed by atoms with van der Waals surface area (Å²) in [7, 11) is 0. The van der Waals surface area contributed by atoms with Gasteiger partial charge in [0.2, 0.25) is 0 Å². The third-order valence-corrected chi connectivity index (χ3v) is 3.89. The van der Waals surface area contributed by atoms with Crippen LogP contribution in [0.25, 0.3) is 10.2 Å². The van der Waals surface area contributed by atoms with Gasteiger partial charge in [0.25, 0.3) is 5.91 Å². The highest BCUT2D eigenvalue weighted by Gasteiger charge is 2.12. The van der Waals surface area contributed by atoms with E-state index < -0.39 is 0 Å². The molecule has 3 rings (SSSR count). The van der Waals surface area contributed by atoms with E-state index in [-0.39, 0.29) is 5.91 Å². The number of hydrogen-bond acceptors (Lipinski definition) is 4. The lowest BCUT2D eigenvalue weighted by Gasteiger charge is -2.06. The van der Waals surface area contributed by atoms with E-state index in [0.29, 0.717) is 11.4 Å². The molecule has 5 heteroatoms. The molecule has 0 aliphatic rings. The molecule has 0 aliphatic heterocycles. The van der Waals surface area contributed by atoms with Crippen molar-refractivity contribution < 1.29 is 4.79 Å². The average Bonchev–Trinajstić information content (AvgIpc) is 2.95. The Morgan fingerprint density at radius 2 is 2.10 bits per heavy atom. The summed E-state index contributed by atoms with van der Waals surface area (Å²) in [6.07, 6.45) is 0.841. The number of anilines is 1. The Morgan fingerprint density at radius 1 is 1.25 bits per heavy atom. The molecule has 1 aromatic carbocycles. The Hall–Kier alpha value is -2.27. The molecule has 0 aliphatic carbocycles. The van der Waals surface area contributed by atoms with Crippen molar-refractivity contribution in [2.45, 2.75) is 13.3 Å². The smallest absolute Gasteiger partial charge is 0.258 e. The summed E-state index contributed by atoms with van der Waals surface area (Å²) in [4.78, 5) is 21.0. The van der Waals surface area contributed by atoms with Crippen molar-refractivity contribution in [1.82, 2.24) is 9.97 Å². The van der Waals surface area contributed by atoms with Gasteiger partial charge < -0.3 is 5.32 Å². The molecular formula is C15H13N3OS. The quantitative estimate of drug-likeness (QED) is 0.800. The number of thiazole rings is 1. The van der Waals surface area contributed by atoms with Crippen molar-refractivity contribution in [3.63, 3.8) is 0 Å². The van der Waals surface area contributed by atoms with Gasteiger partial charge in [-0.2, -0.15) is 0 Å². The fourth-order valence-electron chi connectivity index (χ4n) is 1.99. The lowest BCUT2D eigenvalue weighted by molar-refractivity contribution is 0.102. The molecule has 20 heavy (non-hydrogen) atoms. The molecule has 1 N–H and O–H groups in total. The molecule has 2 aromatic heterocycles. The van der Waals surface area contributed by atoms with Gasteiger partial charge in [-0.15, -0.1) is 11.3 Å². The van der Waals surface area contributed by atoms with E-state index in [4.69, 9.17) is 0 Å². The van der Waals surface area contributed by atoms with Gasteiger partial charge in [-0.25, -0.2) is 9.97 Å². The normalized spacial score (nSPS) is 10.7. The van der Waals surface area contributed by atoms with Crippen molar-refractivity contribution in [2.75, 3.05) is 5.32 Å². The maximum atomic E-state index is 12.4. The summed E-state index contributed by atoms with van der Waals surface area (Å²) in [5.74, 6) is 0.427. The maximum absolute atomic E-state index is 12.4. The number of carbonyl (C=O) groups excluding carboxylic acids is 1. The fraction of sp³-hybridized carbons (Fsp3) is 0.133. The van der Waals surface area contributed by atoms with Crippen LogP contribution >= 0.6 is 11.3 Å². The monoisotopic (exact) mass is 283 g/mol. The zero-order valence-corrected chi connectivity index (χ0v) is 11.8. The number of fused-ring (bicyclic) bond motifs is 1. The second-order valence-corrected chi connectivity index (χ2v) is 5.18. The number of hydrogen-bond donors (Lipinski definition) is 1. The number of nitrogens with one attached hydrogen (secondary N) is 1. The molecule has 4 nitrogen and oxygen atoms in total. The standard InChI is InChI=1S/C15H13N3OS/c1-2-10-5-3-8-13(17-10)18-15(19)11-6-4-7-12-14(11)20-9-16-12/h3-9H,2H2,1H3,(H,17,18,19). The van der Waals surface area contributed by atoms with Crippen LogP contribution in [0, 0.1) is 0 Å². The molecule has 0 unspecified atom stereocenters. The Kier molecular flexibility index (Phi) is 3.43. The lowest BCUT2D eigenvalue weighted by Crippen LogP contribution is -2.13. The summed E-state index contributed by atoms with van der Waals surface area (Å²) in [5.41, 5.74) is 4.18. The summed E-state index contributed by atoms with van der Waals surface area (Å²) in [6.45, 7) is 2.03. The highest BCUT2D eigenvalue weighted by Crippen LogP contribution is 2.22. The molecule has 2 heterocycles. The largest absolute Gasteiger partial charge is 0.307 e. The van der Waals surface area contributed by atoms with Gasteiger partial charge in [0.1, 0.15) is 5.82 Å². The number of benzene rings is 1. The predicted molar refractivity (Wildman–Crippen MR) is 81.2 cm³/mol. The first-order chi connectivity index (χ1) is 9.78. The number of rotatable bonds is 3. The minimum Gasteiger partial charge on any atom is -0.307 e. The van der Waals surface area contributed by atoms with Crippen molar-refractivity contribution in [1.29, 1.82) is 0 Å². The number of amides is 1. The van der Waals surface area contributed by atoms with E-state index in [1.807, 2.05) is 31.2 Å². The van der Waals surface area contributed by atoms with Gasteiger partial charge in [-0.3, -0.25) is 4.79 Å². The van der Waals surface area contributed by atoms with Crippen LogP contribution in [0.2, 0.25) is 0 Å². The zero-order valence-electron chi connectivity index (χ0n) is 11.0. The summed E-state index contributed by atoms with van der Waals surface area (Å²) in [5, 5.41) is 2.84. The van der Waals surface area contributed by atoms with E-state index in [0.717, 1.165) is 22.3 Å². The van der Waals surface area contributed by atoms with Gasteiger partial charge in [-0.05, 0) is 30.7 Å². The van der Waals surface area contributed by atoms with Crippen LogP contribution in [-0.4, -0.2) is 15.9 Å². The highest BCUT2D eigenvalue weighted by atomic mass is 32.1. The number of carbonyl (C=O) groups is 1. The summed E-state index contributed by atoms with van der Waals surface area (Å²) in [6, 6.07) is 11.2. The van der Waals surface area contributed by atoms with Crippen molar-refractivity contribution >= 4 is 33.3 Å². The number of pyridine rings is 1. The van der Waals surface area contributed by atoms with Gasteiger partial charge in [0.15, 0.2) is 0 Å². The molecule has 0 saturated heterocycles. The van der Waals surface area contributed by atoms with Gasteiger partial charge in [0, 0.05) is 5.69 Å². The molecule has 0 spiro atoms. The topological polar surface area (TPSA) is 54.9 Å². The minimum atomic E-state index is -0.152. The Bertz CT molecular complexity index is 766. The SMILES string of the molecule is CCc1cccc(NC(=O)c2cccc3ncsc23)n1. The molecule has 0 fully saturated rings. The predicted octanol–water partition coefficient (Wildman–Crippen LogP) is 3.51. The van der Waals surface area contributed by atoms with E-state index in [1.54, 1.807) is 17.6 Å². The van der Waals surface area contributed by atoms with Crippen molar-refractivity contribution in [2.24, 2.45) is 0 Å². The molecule has 3 aromatic rings. The van der Waals surface area contributed by atoms with Crippen LogP contribution in [0.3, 0.4) is 0 Å². The van der Waals surface area contributed by atoms with Crippen molar-refractivity contribution in [3.05, 3.63) is 53.2 Å². The molecule has 0 radical (unpaired) electrons. The minimum absolute atomic E-state index is 0.152. The molecule has 0 atom stereocenters. The Labute approximate surface area is 120 Å². The maximum Gasteiger partial charge on any atom is 0.258 e. The summed E-state index contributed by atoms with van der Waals surface area (Å²) >= 11 is 1.47. The van der Waals surface area contributed by atoms with Crippen LogP contribution in [0.1, 0.15) is 23.0 Å². The van der Waals surface area contributed by atoms with Crippen molar-refractivity contribution in [3.8, 4) is 0 Å². The first kappa shape index (κ1) is 12.7. The van der Waals surface area contributed by atoms with E-state index >= 15 is 0 Å². The Balaban J connectivity index is 1.91. The van der Waals surface area contributed by atoms with E-state index in [1.165, 1.54) is 11.3 Å². The second-order valence-electron chi connectivity index (χ2n) is 4.33. The molecule has 1 amide bonds.